The molecule has 0 amide bonds. The number of nitrogens with one attached hydrogen (secondary N) is 1. The third-order valence-corrected chi connectivity index (χ3v) is 10.5. The highest BCUT2D eigenvalue weighted by molar-refractivity contribution is 6.36. The predicted octanol–water partition coefficient (Wildman–Crippen LogP) is 7.16. The molecule has 2 saturated heterocycles. The lowest BCUT2D eigenvalue weighted by atomic mass is 9.96. The Labute approximate surface area is 305 Å². The molecule has 2 aliphatic rings. The van der Waals surface area contributed by atoms with Gasteiger partial charge in [0.1, 0.15) is 17.1 Å². The molecule has 3 N–H and O–H groups in total. The number of benzene rings is 3. The number of rotatable bonds is 9. The molecule has 11 nitrogen and oxygen atoms in total. The van der Waals surface area contributed by atoms with E-state index in [9.17, 15) is 20.3 Å². The predicted molar refractivity (Wildman–Crippen MR) is 199 cm³/mol. The van der Waals surface area contributed by atoms with Crippen molar-refractivity contribution in [3.63, 3.8) is 0 Å². The van der Waals surface area contributed by atoms with E-state index in [0.29, 0.717) is 71.7 Å². The van der Waals surface area contributed by atoms with Gasteiger partial charge in [0.05, 0.1) is 28.3 Å². The largest absolute Gasteiger partial charge is 0.481 e. The molecule has 0 bridgehead atoms. The third-order valence-electron chi connectivity index (χ3n) is 10.1. The monoisotopic (exact) mass is 713 g/mol. The summed E-state index contributed by atoms with van der Waals surface area (Å²) in [5, 5.41) is 34.2. The zero-order chi connectivity index (χ0) is 35.9. The minimum Gasteiger partial charge on any atom is -0.481 e. The first-order valence-corrected chi connectivity index (χ1v) is 17.7. The molecular weight excluding hydrogens is 678 g/mol. The molecule has 0 unspecified atom stereocenters. The van der Waals surface area contributed by atoms with Gasteiger partial charge in [0.25, 0.3) is 0 Å². The molecule has 3 aromatic carbocycles. The number of aromatic nitrogens is 3. The fourth-order valence-electron chi connectivity index (χ4n) is 7.44. The van der Waals surface area contributed by atoms with Crippen LogP contribution in [0.3, 0.4) is 0 Å². The molecule has 3 aromatic heterocycles. The lowest BCUT2D eigenvalue weighted by Crippen LogP contribution is -2.22. The van der Waals surface area contributed by atoms with Crippen LogP contribution in [-0.4, -0.2) is 73.2 Å². The van der Waals surface area contributed by atoms with Gasteiger partial charge in [-0.3, -0.25) is 19.6 Å². The fraction of sp³-hybridized carbons (Fsp3) is 0.275. The van der Waals surface area contributed by atoms with Gasteiger partial charge >= 0.3 is 5.97 Å². The van der Waals surface area contributed by atoms with E-state index in [4.69, 9.17) is 26.0 Å². The molecule has 0 radical (unpaired) electrons. The molecule has 2 atom stereocenters. The van der Waals surface area contributed by atoms with Crippen molar-refractivity contribution in [2.45, 2.75) is 39.0 Å². The number of β-amino-alcohol motifs (C(OH)–C–C–N with tert-alkyl or cyclic N) is 1. The number of fused-ring (bicyclic) bond motifs is 2. The normalized spacial score (nSPS) is 18.0. The van der Waals surface area contributed by atoms with E-state index < -0.39 is 5.97 Å². The zero-order valence-corrected chi connectivity index (χ0v) is 29.3. The van der Waals surface area contributed by atoms with Gasteiger partial charge in [-0.1, -0.05) is 35.9 Å². The van der Waals surface area contributed by atoms with Crippen LogP contribution in [0.4, 0.5) is 11.5 Å². The van der Waals surface area contributed by atoms with Crippen LogP contribution >= 0.6 is 11.6 Å². The summed E-state index contributed by atoms with van der Waals surface area (Å²) in [5.41, 5.74) is 8.15. The number of halogens is 1. The highest BCUT2D eigenvalue weighted by atomic mass is 35.5. The topological polar surface area (TPSA) is 152 Å². The van der Waals surface area contributed by atoms with Crippen molar-refractivity contribution >= 4 is 51.1 Å². The minimum absolute atomic E-state index is 0.267. The van der Waals surface area contributed by atoms with Crippen molar-refractivity contribution in [3.8, 4) is 28.7 Å². The van der Waals surface area contributed by atoms with Crippen molar-refractivity contribution in [3.05, 3.63) is 100 Å². The summed E-state index contributed by atoms with van der Waals surface area (Å²) in [5.74, 6) is -0.161. The average Bonchev–Trinajstić information content (AvgIpc) is 3.89. The molecular formula is C40H36ClN7O4. The molecule has 2 aliphatic heterocycles. The summed E-state index contributed by atoms with van der Waals surface area (Å²) in [6.45, 7) is 5.97. The first-order valence-electron chi connectivity index (χ1n) is 17.3. The highest BCUT2D eigenvalue weighted by Gasteiger charge is 2.28. The quantitative estimate of drug-likeness (QED) is 0.140. The van der Waals surface area contributed by atoms with Crippen molar-refractivity contribution in [1.29, 1.82) is 5.26 Å². The van der Waals surface area contributed by atoms with E-state index in [1.165, 1.54) is 0 Å². The van der Waals surface area contributed by atoms with Crippen LogP contribution in [0.2, 0.25) is 5.02 Å². The SMILES string of the molecule is Cc1c(-c2nc3cc(CN4CC[C@H](C(=O)O)C4)cc(C#N)c3o2)cccc1-c1cccc(Nc2nccc3cc(CN4CC[C@H](O)C4)cnc23)c1Cl. The second-order valence-electron chi connectivity index (χ2n) is 13.7. The average molecular weight is 714 g/mol. The second kappa shape index (κ2) is 14.0. The first-order chi connectivity index (χ1) is 25.2. The molecule has 0 spiro atoms. The van der Waals surface area contributed by atoms with E-state index in [2.05, 4.69) is 32.2 Å². The maximum Gasteiger partial charge on any atom is 0.307 e. The third kappa shape index (κ3) is 6.58. The number of aliphatic hydroxyl groups is 1. The molecule has 262 valence electrons. The lowest BCUT2D eigenvalue weighted by Gasteiger charge is -2.16. The Balaban J connectivity index is 1.07. The Morgan fingerprint density at radius 2 is 1.77 bits per heavy atom. The van der Waals surface area contributed by atoms with Crippen LogP contribution in [0, 0.1) is 24.2 Å². The Morgan fingerprint density at radius 1 is 1.00 bits per heavy atom. The summed E-state index contributed by atoms with van der Waals surface area (Å²) in [6, 6.07) is 21.7. The van der Waals surface area contributed by atoms with E-state index in [1.54, 1.807) is 12.3 Å². The van der Waals surface area contributed by atoms with E-state index in [-0.39, 0.29) is 12.0 Å². The van der Waals surface area contributed by atoms with Crippen LogP contribution in [-0.2, 0) is 17.9 Å². The summed E-state index contributed by atoms with van der Waals surface area (Å²) < 4.78 is 6.25. The van der Waals surface area contributed by atoms with E-state index in [1.807, 2.05) is 61.7 Å². The highest BCUT2D eigenvalue weighted by Crippen LogP contribution is 2.40. The maximum atomic E-state index is 11.5. The second-order valence-corrected chi connectivity index (χ2v) is 14.1. The number of carboxylic acids is 1. The number of aliphatic carboxylic acids is 1. The van der Waals surface area contributed by atoms with Crippen LogP contribution in [0.25, 0.3) is 44.6 Å². The van der Waals surface area contributed by atoms with Gasteiger partial charge in [-0.15, -0.1) is 0 Å². The number of anilines is 2. The van der Waals surface area contributed by atoms with Gasteiger partial charge in [0.2, 0.25) is 5.89 Å². The van der Waals surface area contributed by atoms with Crippen LogP contribution < -0.4 is 5.32 Å². The number of aliphatic hydroxyl groups excluding tert-OH is 1. The van der Waals surface area contributed by atoms with Gasteiger partial charge in [-0.2, -0.15) is 5.26 Å². The molecule has 5 heterocycles. The fourth-order valence-corrected chi connectivity index (χ4v) is 7.71. The molecule has 0 saturated carbocycles. The molecule has 0 aliphatic carbocycles. The molecule has 6 aromatic rings. The van der Waals surface area contributed by atoms with Crippen molar-refractivity contribution in [2.24, 2.45) is 5.92 Å². The molecule has 8 rings (SSSR count). The Morgan fingerprint density at radius 3 is 2.56 bits per heavy atom. The smallest absolute Gasteiger partial charge is 0.307 e. The molecule has 2 fully saturated rings. The summed E-state index contributed by atoms with van der Waals surface area (Å²) >= 11 is 7.12. The Hall–Kier alpha value is -5.38. The van der Waals surface area contributed by atoms with Gasteiger partial charge < -0.3 is 19.9 Å². The van der Waals surface area contributed by atoms with Crippen molar-refractivity contribution < 1.29 is 19.4 Å². The molecule has 52 heavy (non-hydrogen) atoms. The van der Waals surface area contributed by atoms with Crippen LogP contribution in [0.1, 0.15) is 35.1 Å². The maximum absolute atomic E-state index is 11.5. The van der Waals surface area contributed by atoms with Gasteiger partial charge in [0, 0.05) is 61.6 Å². The van der Waals surface area contributed by atoms with E-state index >= 15 is 0 Å². The zero-order valence-electron chi connectivity index (χ0n) is 28.5. The summed E-state index contributed by atoms with van der Waals surface area (Å²) in [6.07, 6.45) is 4.76. The Bertz CT molecular complexity index is 2390. The van der Waals surface area contributed by atoms with Gasteiger partial charge in [0.15, 0.2) is 11.4 Å². The van der Waals surface area contributed by atoms with Crippen LogP contribution in [0.5, 0.6) is 0 Å². The lowest BCUT2D eigenvalue weighted by molar-refractivity contribution is -0.141. The summed E-state index contributed by atoms with van der Waals surface area (Å²) in [7, 11) is 0. The Kier molecular flexibility index (Phi) is 9.07. The number of hydrogen-bond donors (Lipinski definition) is 3. The number of hydrogen-bond acceptors (Lipinski definition) is 10. The molecule has 12 heteroatoms. The van der Waals surface area contributed by atoms with Crippen molar-refractivity contribution in [1.82, 2.24) is 24.8 Å². The van der Waals surface area contributed by atoms with Gasteiger partial charge in [-0.05, 0) is 85.0 Å². The number of carbonyl (C=O) groups is 1. The number of carboxylic acid groups (broad SMARTS) is 1. The number of nitriles is 1. The van der Waals surface area contributed by atoms with Gasteiger partial charge in [-0.25, -0.2) is 9.97 Å². The number of likely N-dealkylation sites (tertiary alicyclic amines) is 2. The standard InChI is InChI=1S/C40H36ClN7O4/c1-23-30(4-2-5-31(23)39-46-34-16-24(14-28(17-42)37(34)52-39)19-47-12-9-27(21-47)40(50)51)32-6-3-7-33(35(32)41)45-38-36-26(8-11-43-38)15-25(18-44-36)20-48-13-10-29(49)22-48/h2-8,11,14-16,18,27,29,49H,9-10,12-13,19-22H2,1H3,(H,43,45)(H,50,51)/t27-,29-/m0/s1. The first kappa shape index (κ1) is 33.7. The number of oxazole rings is 1. The van der Waals surface area contributed by atoms with Crippen LogP contribution in [0.15, 0.2) is 77.5 Å². The van der Waals surface area contributed by atoms with Crippen molar-refractivity contribution in [2.75, 3.05) is 31.5 Å². The summed E-state index contributed by atoms with van der Waals surface area (Å²) in [4.78, 5) is 30.0. The minimum atomic E-state index is -0.775. The van der Waals surface area contributed by atoms with E-state index in [0.717, 1.165) is 63.8 Å². The number of nitrogens with zero attached hydrogens (tertiary/aromatic N) is 6. The number of pyridine rings is 2.